The number of carbonyl (C=O) groups excluding carboxylic acids is 1. The summed E-state index contributed by atoms with van der Waals surface area (Å²) in [7, 11) is 0. The lowest BCUT2D eigenvalue weighted by molar-refractivity contribution is 0.0932. The van der Waals surface area contributed by atoms with Crippen molar-refractivity contribution in [1.82, 2.24) is 25.0 Å². The van der Waals surface area contributed by atoms with Crippen LogP contribution in [0, 0.1) is 25.7 Å². The molecule has 1 N–H and O–H groups in total. The quantitative estimate of drug-likeness (QED) is 0.695. The number of fused-ring (bicyclic) bond motifs is 2. The molecule has 0 radical (unpaired) electrons. The van der Waals surface area contributed by atoms with E-state index in [1.165, 1.54) is 16.7 Å². The zero-order chi connectivity index (χ0) is 21.4. The van der Waals surface area contributed by atoms with E-state index in [0.29, 0.717) is 24.2 Å². The third kappa shape index (κ3) is 4.12. The summed E-state index contributed by atoms with van der Waals surface area (Å²) in [5.41, 5.74) is 5.15. The van der Waals surface area contributed by atoms with Crippen LogP contribution in [0.4, 0.5) is 0 Å². The molecule has 3 aromatic rings. The molecule has 6 heteroatoms. The van der Waals surface area contributed by atoms with Crippen molar-refractivity contribution in [3.63, 3.8) is 0 Å². The van der Waals surface area contributed by atoms with E-state index in [1.54, 1.807) is 0 Å². The van der Waals surface area contributed by atoms with E-state index in [1.807, 2.05) is 34.9 Å². The van der Waals surface area contributed by atoms with Crippen molar-refractivity contribution in [2.75, 3.05) is 13.1 Å². The summed E-state index contributed by atoms with van der Waals surface area (Å²) >= 11 is 0. The fourth-order valence-corrected chi connectivity index (χ4v) is 4.94. The third-order valence-electron chi connectivity index (χ3n) is 6.82. The maximum atomic E-state index is 12.8. The molecule has 0 unspecified atom stereocenters. The van der Waals surface area contributed by atoms with Gasteiger partial charge in [-0.05, 0) is 47.9 Å². The van der Waals surface area contributed by atoms with Gasteiger partial charge in [-0.1, -0.05) is 48.5 Å². The van der Waals surface area contributed by atoms with Gasteiger partial charge in [-0.3, -0.25) is 9.69 Å². The van der Waals surface area contributed by atoms with Crippen LogP contribution in [0.2, 0.25) is 0 Å². The Balaban J connectivity index is 1.23. The van der Waals surface area contributed by atoms with Gasteiger partial charge < -0.3 is 9.88 Å². The fraction of sp³-hybridized carbons (Fsp3) is 0.400. The highest BCUT2D eigenvalue weighted by Gasteiger charge is 2.39. The molecule has 0 spiro atoms. The first-order valence-corrected chi connectivity index (χ1v) is 11.1. The van der Waals surface area contributed by atoms with Gasteiger partial charge in [0, 0.05) is 39.1 Å². The van der Waals surface area contributed by atoms with Crippen LogP contribution < -0.4 is 5.32 Å². The maximum Gasteiger partial charge on any atom is 0.289 e. The van der Waals surface area contributed by atoms with Crippen molar-refractivity contribution < 1.29 is 4.79 Å². The molecule has 2 aliphatic rings. The predicted molar refractivity (Wildman–Crippen MR) is 120 cm³/mol. The van der Waals surface area contributed by atoms with Crippen LogP contribution in [0.25, 0.3) is 0 Å². The molecule has 1 aromatic heterocycles. The number of benzene rings is 2. The summed E-state index contributed by atoms with van der Waals surface area (Å²) in [6.45, 7) is 8.78. The second-order valence-corrected chi connectivity index (χ2v) is 9.06. The van der Waals surface area contributed by atoms with Gasteiger partial charge in [0.1, 0.15) is 5.82 Å². The third-order valence-corrected chi connectivity index (χ3v) is 6.82. The van der Waals surface area contributed by atoms with Gasteiger partial charge in [0.2, 0.25) is 5.82 Å². The van der Waals surface area contributed by atoms with Gasteiger partial charge >= 0.3 is 0 Å². The van der Waals surface area contributed by atoms with Crippen molar-refractivity contribution in [2.24, 2.45) is 11.8 Å². The molecular formula is C25H29N5O. The average molecular weight is 416 g/mol. The molecule has 1 saturated heterocycles. The number of aryl methyl sites for hydroxylation is 2. The molecular weight excluding hydrogens is 386 g/mol. The van der Waals surface area contributed by atoms with Crippen LogP contribution in [0.15, 0.2) is 48.5 Å². The zero-order valence-electron chi connectivity index (χ0n) is 18.2. The maximum absolute atomic E-state index is 12.8. The van der Waals surface area contributed by atoms with E-state index in [-0.39, 0.29) is 5.91 Å². The van der Waals surface area contributed by atoms with E-state index in [2.05, 4.69) is 52.5 Å². The Morgan fingerprint density at radius 1 is 0.968 bits per heavy atom. The van der Waals surface area contributed by atoms with Crippen LogP contribution >= 0.6 is 0 Å². The van der Waals surface area contributed by atoms with Crippen molar-refractivity contribution in [1.29, 1.82) is 0 Å². The van der Waals surface area contributed by atoms with Crippen molar-refractivity contribution >= 4 is 5.91 Å². The molecule has 0 bridgehead atoms. The first kappa shape index (κ1) is 19.9. The molecule has 2 aromatic carbocycles. The van der Waals surface area contributed by atoms with Crippen LogP contribution in [-0.4, -0.2) is 38.7 Å². The summed E-state index contributed by atoms with van der Waals surface area (Å²) in [6, 6.07) is 16.7. The largest absolute Gasteiger partial charge is 0.345 e. The Morgan fingerprint density at radius 2 is 1.77 bits per heavy atom. The van der Waals surface area contributed by atoms with Gasteiger partial charge in [0.25, 0.3) is 5.91 Å². The highest BCUT2D eigenvalue weighted by molar-refractivity contribution is 5.90. The first-order valence-electron chi connectivity index (χ1n) is 11.1. The summed E-state index contributed by atoms with van der Waals surface area (Å²) in [4.78, 5) is 15.3. The zero-order valence-corrected chi connectivity index (χ0v) is 18.2. The van der Waals surface area contributed by atoms with Crippen LogP contribution in [-0.2, 0) is 26.1 Å². The number of carbonyl (C=O) groups is 1. The lowest BCUT2D eigenvalue weighted by atomic mass is 9.89. The minimum absolute atomic E-state index is 0.147. The van der Waals surface area contributed by atoms with Crippen LogP contribution in [0.5, 0.6) is 0 Å². The highest BCUT2D eigenvalue weighted by Crippen LogP contribution is 2.33. The molecule has 0 aliphatic carbocycles. The summed E-state index contributed by atoms with van der Waals surface area (Å²) in [5, 5.41) is 11.6. The van der Waals surface area contributed by atoms with E-state index in [9.17, 15) is 4.79 Å². The number of amides is 1. The van der Waals surface area contributed by atoms with Crippen molar-refractivity contribution in [3.05, 3.63) is 82.4 Å². The normalized spacial score (nSPS) is 20.3. The Kier molecular flexibility index (Phi) is 5.32. The molecule has 1 fully saturated rings. The van der Waals surface area contributed by atoms with Crippen LogP contribution in [0.3, 0.4) is 0 Å². The Labute approximate surface area is 183 Å². The van der Waals surface area contributed by atoms with Crippen LogP contribution in [0.1, 0.15) is 38.7 Å². The molecule has 160 valence electrons. The fourth-order valence-electron chi connectivity index (χ4n) is 4.94. The second kappa shape index (κ2) is 8.27. The predicted octanol–water partition coefficient (Wildman–Crippen LogP) is 3.13. The topological polar surface area (TPSA) is 63.1 Å². The second-order valence-electron chi connectivity index (χ2n) is 9.06. The smallest absolute Gasteiger partial charge is 0.289 e. The standard InChI is InChI=1S/C25H29N5O/c1-17-8-9-20(10-18(17)2)13-29-14-21-11-23-27-28-24(30(23)16-22(21)15-29)25(31)26-12-19-6-4-3-5-7-19/h3-10,21-22H,11-16H2,1-2H3,(H,26,31)/t21-,22+/m0/s1. The number of nitrogens with zero attached hydrogens (tertiary/aromatic N) is 4. The molecule has 6 nitrogen and oxygen atoms in total. The Hall–Kier alpha value is -2.99. The van der Waals surface area contributed by atoms with E-state index < -0.39 is 0 Å². The SMILES string of the molecule is Cc1ccc(CN2C[C@@H]3Cn4c(nnc4C(=O)NCc4ccccc4)C[C@H]3C2)cc1C. The molecule has 3 heterocycles. The number of aromatic nitrogens is 3. The number of likely N-dealkylation sites (tertiary alicyclic amines) is 1. The summed E-state index contributed by atoms with van der Waals surface area (Å²) in [5.74, 6) is 2.36. The molecule has 2 atom stereocenters. The lowest BCUT2D eigenvalue weighted by Crippen LogP contribution is -2.32. The van der Waals surface area contributed by atoms with E-state index >= 15 is 0 Å². The molecule has 1 amide bonds. The molecule has 31 heavy (non-hydrogen) atoms. The monoisotopic (exact) mass is 415 g/mol. The van der Waals surface area contributed by atoms with Gasteiger partial charge in [-0.2, -0.15) is 0 Å². The Bertz CT molecular complexity index is 1090. The minimum Gasteiger partial charge on any atom is -0.345 e. The van der Waals surface area contributed by atoms with Gasteiger partial charge in [0.05, 0.1) is 0 Å². The first-order chi connectivity index (χ1) is 15.1. The van der Waals surface area contributed by atoms with E-state index in [4.69, 9.17) is 0 Å². The lowest BCUT2D eigenvalue weighted by Gasteiger charge is -2.25. The number of nitrogens with one attached hydrogen (secondary N) is 1. The molecule has 0 saturated carbocycles. The molecule has 2 aliphatic heterocycles. The summed E-state index contributed by atoms with van der Waals surface area (Å²) < 4.78 is 2.04. The number of hydrogen-bond acceptors (Lipinski definition) is 4. The Morgan fingerprint density at radius 3 is 2.58 bits per heavy atom. The number of hydrogen-bond donors (Lipinski definition) is 1. The highest BCUT2D eigenvalue weighted by atomic mass is 16.2. The van der Waals surface area contributed by atoms with E-state index in [0.717, 1.165) is 44.0 Å². The van der Waals surface area contributed by atoms with Crippen molar-refractivity contribution in [2.45, 2.75) is 39.9 Å². The van der Waals surface area contributed by atoms with Gasteiger partial charge in [-0.15, -0.1) is 10.2 Å². The van der Waals surface area contributed by atoms with Gasteiger partial charge in [-0.25, -0.2) is 0 Å². The summed E-state index contributed by atoms with van der Waals surface area (Å²) in [6.07, 6.45) is 0.896. The minimum atomic E-state index is -0.147. The number of rotatable bonds is 5. The van der Waals surface area contributed by atoms with Gasteiger partial charge in [0.15, 0.2) is 0 Å². The average Bonchev–Trinajstić information content (AvgIpc) is 3.36. The van der Waals surface area contributed by atoms with Crippen molar-refractivity contribution in [3.8, 4) is 0 Å². The molecule has 5 rings (SSSR count).